The quantitative estimate of drug-likeness (QED) is 0.621. The Bertz CT molecular complexity index is 706. The molecule has 18 heavy (non-hydrogen) atoms. The second kappa shape index (κ2) is 2.79. The number of hydrogen-bond acceptors (Lipinski definition) is 3. The number of nitrogens with zero attached hydrogens (tertiary/aromatic N) is 1. The van der Waals surface area contributed by atoms with E-state index in [9.17, 15) is 9.59 Å². The van der Waals surface area contributed by atoms with Crippen LogP contribution in [0.15, 0.2) is 30.6 Å². The first-order chi connectivity index (χ1) is 8.73. The molecule has 1 unspecified atom stereocenters. The summed E-state index contributed by atoms with van der Waals surface area (Å²) in [4.78, 5) is 31.0. The first-order valence-corrected chi connectivity index (χ1v) is 5.51. The van der Waals surface area contributed by atoms with Gasteiger partial charge in [-0.3, -0.25) is 9.59 Å². The molecule has 1 aromatic heterocycles. The summed E-state index contributed by atoms with van der Waals surface area (Å²) in [5, 5.41) is 5.52. The molecule has 0 bridgehead atoms. The molecule has 2 aromatic rings. The summed E-state index contributed by atoms with van der Waals surface area (Å²) in [6, 6.07) is 7.30. The number of benzene rings is 1. The summed E-state index contributed by atoms with van der Waals surface area (Å²) in [6.45, 7) is 0. The standard InChI is InChI=1S/C12H8N4O2/c17-10-8-9(14-5-13-8)12(16-10)6-3-1-2-4-7(6)15-11(12)18/h1-5H,(H,13,14)(H,15,18)(H,16,17). The Hall–Kier alpha value is -2.63. The first-order valence-electron chi connectivity index (χ1n) is 5.51. The Labute approximate surface area is 101 Å². The van der Waals surface area contributed by atoms with Gasteiger partial charge in [0.1, 0.15) is 0 Å². The number of para-hydroxylation sites is 1. The molecule has 1 aromatic carbocycles. The van der Waals surface area contributed by atoms with Crippen LogP contribution in [0.25, 0.3) is 0 Å². The molecule has 0 fully saturated rings. The Morgan fingerprint density at radius 1 is 1.17 bits per heavy atom. The van der Waals surface area contributed by atoms with Gasteiger partial charge in [0.2, 0.25) is 0 Å². The Balaban J connectivity index is 2.07. The van der Waals surface area contributed by atoms with Crippen molar-refractivity contribution in [2.24, 2.45) is 0 Å². The van der Waals surface area contributed by atoms with Crippen molar-refractivity contribution in [1.82, 2.24) is 15.3 Å². The maximum atomic E-state index is 12.3. The average molecular weight is 240 g/mol. The molecule has 1 spiro atoms. The van der Waals surface area contributed by atoms with Gasteiger partial charge in [0.15, 0.2) is 11.2 Å². The third-order valence-corrected chi connectivity index (χ3v) is 3.45. The molecule has 3 heterocycles. The minimum Gasteiger partial charge on any atom is -0.345 e. The molecule has 6 nitrogen and oxygen atoms in total. The van der Waals surface area contributed by atoms with Crippen LogP contribution in [0.2, 0.25) is 0 Å². The van der Waals surface area contributed by atoms with Gasteiger partial charge in [0.25, 0.3) is 11.8 Å². The molecule has 4 rings (SSSR count). The molecule has 0 aliphatic carbocycles. The Morgan fingerprint density at radius 2 is 2.00 bits per heavy atom. The van der Waals surface area contributed by atoms with Crippen molar-refractivity contribution in [3.05, 3.63) is 47.5 Å². The molecule has 0 saturated carbocycles. The fourth-order valence-electron chi connectivity index (χ4n) is 2.67. The van der Waals surface area contributed by atoms with E-state index >= 15 is 0 Å². The van der Waals surface area contributed by atoms with E-state index in [1.165, 1.54) is 6.33 Å². The molecule has 2 aliphatic rings. The van der Waals surface area contributed by atoms with Gasteiger partial charge in [-0.05, 0) is 6.07 Å². The van der Waals surface area contributed by atoms with Crippen LogP contribution in [0.1, 0.15) is 21.7 Å². The number of carbonyl (C=O) groups is 2. The fourth-order valence-corrected chi connectivity index (χ4v) is 2.67. The second-order valence-corrected chi connectivity index (χ2v) is 4.33. The van der Waals surface area contributed by atoms with Crippen molar-refractivity contribution in [3.63, 3.8) is 0 Å². The van der Waals surface area contributed by atoms with E-state index < -0.39 is 5.54 Å². The first kappa shape index (κ1) is 9.41. The molecule has 88 valence electrons. The van der Waals surface area contributed by atoms with Crippen LogP contribution < -0.4 is 10.6 Å². The highest BCUT2D eigenvalue weighted by Gasteiger charge is 2.56. The van der Waals surface area contributed by atoms with Crippen LogP contribution in [-0.2, 0) is 10.3 Å². The van der Waals surface area contributed by atoms with Gasteiger partial charge < -0.3 is 15.6 Å². The SMILES string of the molecule is O=C1NC2(C(=O)Nc3ccccc32)c2[nH]cnc21. The van der Waals surface area contributed by atoms with Crippen LogP contribution in [-0.4, -0.2) is 21.8 Å². The number of nitrogens with one attached hydrogen (secondary N) is 3. The predicted molar refractivity (Wildman–Crippen MR) is 61.9 cm³/mol. The van der Waals surface area contributed by atoms with Gasteiger partial charge in [-0.25, -0.2) is 4.98 Å². The summed E-state index contributed by atoms with van der Waals surface area (Å²) in [5.41, 5.74) is 1.09. The maximum absolute atomic E-state index is 12.3. The Morgan fingerprint density at radius 3 is 2.89 bits per heavy atom. The second-order valence-electron chi connectivity index (χ2n) is 4.33. The highest BCUT2D eigenvalue weighted by molar-refractivity contribution is 6.15. The lowest BCUT2D eigenvalue weighted by Crippen LogP contribution is -2.46. The zero-order chi connectivity index (χ0) is 12.3. The molecule has 2 amide bonds. The summed E-state index contributed by atoms with van der Waals surface area (Å²) in [6.07, 6.45) is 1.43. The Kier molecular flexibility index (Phi) is 1.46. The molecule has 1 atom stereocenters. The van der Waals surface area contributed by atoms with Crippen LogP contribution in [0, 0.1) is 0 Å². The molecule has 3 N–H and O–H groups in total. The summed E-state index contributed by atoms with van der Waals surface area (Å²) >= 11 is 0. The van der Waals surface area contributed by atoms with E-state index in [1.807, 2.05) is 24.3 Å². The lowest BCUT2D eigenvalue weighted by molar-refractivity contribution is -0.120. The molecule has 0 radical (unpaired) electrons. The molecule has 2 aliphatic heterocycles. The molecular formula is C12H8N4O2. The third kappa shape index (κ3) is 0.839. The lowest BCUT2D eigenvalue weighted by Gasteiger charge is -2.21. The average Bonchev–Trinajstić information content (AvgIpc) is 3.00. The topological polar surface area (TPSA) is 86.9 Å². The number of imidazole rings is 1. The maximum Gasteiger partial charge on any atom is 0.273 e. The van der Waals surface area contributed by atoms with E-state index in [-0.39, 0.29) is 17.5 Å². The number of carbonyl (C=O) groups excluding carboxylic acids is 2. The third-order valence-electron chi connectivity index (χ3n) is 3.45. The number of H-pyrrole nitrogens is 1. The van der Waals surface area contributed by atoms with E-state index in [0.717, 1.165) is 5.56 Å². The lowest BCUT2D eigenvalue weighted by atomic mass is 9.89. The van der Waals surface area contributed by atoms with E-state index in [0.29, 0.717) is 11.4 Å². The predicted octanol–water partition coefficient (Wildman–Crippen LogP) is 0.349. The van der Waals surface area contributed by atoms with Crippen LogP contribution in [0.4, 0.5) is 5.69 Å². The largest absolute Gasteiger partial charge is 0.345 e. The summed E-state index contributed by atoms with van der Waals surface area (Å²) in [7, 11) is 0. The molecular weight excluding hydrogens is 232 g/mol. The number of aromatic amines is 1. The van der Waals surface area contributed by atoms with E-state index in [2.05, 4.69) is 20.6 Å². The zero-order valence-electron chi connectivity index (χ0n) is 9.15. The number of fused-ring (bicyclic) bond motifs is 4. The van der Waals surface area contributed by atoms with Crippen molar-refractivity contribution < 1.29 is 9.59 Å². The van der Waals surface area contributed by atoms with Crippen LogP contribution >= 0.6 is 0 Å². The molecule has 6 heteroatoms. The van der Waals surface area contributed by atoms with Crippen molar-refractivity contribution in [2.75, 3.05) is 5.32 Å². The van der Waals surface area contributed by atoms with Crippen LogP contribution in [0.3, 0.4) is 0 Å². The number of amides is 2. The van der Waals surface area contributed by atoms with Gasteiger partial charge in [0, 0.05) is 11.3 Å². The number of anilines is 1. The number of rotatable bonds is 0. The number of aromatic nitrogens is 2. The van der Waals surface area contributed by atoms with Gasteiger partial charge in [-0.2, -0.15) is 0 Å². The zero-order valence-corrected chi connectivity index (χ0v) is 9.15. The smallest absolute Gasteiger partial charge is 0.273 e. The van der Waals surface area contributed by atoms with E-state index in [4.69, 9.17) is 0 Å². The molecule has 0 saturated heterocycles. The summed E-state index contributed by atoms with van der Waals surface area (Å²) < 4.78 is 0. The monoisotopic (exact) mass is 240 g/mol. The van der Waals surface area contributed by atoms with Crippen LogP contribution in [0.5, 0.6) is 0 Å². The number of hydrogen-bond donors (Lipinski definition) is 3. The normalized spacial score (nSPS) is 23.8. The van der Waals surface area contributed by atoms with Crippen molar-refractivity contribution in [1.29, 1.82) is 0 Å². The van der Waals surface area contributed by atoms with E-state index in [1.54, 1.807) is 0 Å². The van der Waals surface area contributed by atoms with Gasteiger partial charge >= 0.3 is 0 Å². The van der Waals surface area contributed by atoms with Crippen molar-refractivity contribution >= 4 is 17.5 Å². The van der Waals surface area contributed by atoms with Crippen molar-refractivity contribution in [3.8, 4) is 0 Å². The highest BCUT2D eigenvalue weighted by atomic mass is 16.2. The van der Waals surface area contributed by atoms with Gasteiger partial charge in [0.05, 0.1) is 12.0 Å². The minimum atomic E-state index is -1.15. The highest BCUT2D eigenvalue weighted by Crippen LogP contribution is 2.43. The van der Waals surface area contributed by atoms with Gasteiger partial charge in [-0.1, -0.05) is 18.2 Å². The van der Waals surface area contributed by atoms with Gasteiger partial charge in [-0.15, -0.1) is 0 Å². The summed E-state index contributed by atoms with van der Waals surface area (Å²) in [5.74, 6) is -0.599. The minimum absolute atomic E-state index is 0.264. The van der Waals surface area contributed by atoms with Crippen molar-refractivity contribution in [2.45, 2.75) is 5.54 Å². The fraction of sp³-hybridized carbons (Fsp3) is 0.0833.